The average Bonchev–Trinajstić information content (AvgIpc) is 3.53. The molecule has 0 radical (unpaired) electrons. The fourth-order valence-electron chi connectivity index (χ4n) is 5.93. The zero-order valence-corrected chi connectivity index (χ0v) is 25.1. The number of ketones is 1. The third kappa shape index (κ3) is 6.36. The highest BCUT2D eigenvalue weighted by molar-refractivity contribution is 6.03. The van der Waals surface area contributed by atoms with Gasteiger partial charge in [0.25, 0.3) is 6.23 Å². The highest BCUT2D eigenvalue weighted by atomic mass is 16.5. The Morgan fingerprint density at radius 2 is 1.70 bits per heavy atom. The van der Waals surface area contributed by atoms with Crippen LogP contribution in [0.2, 0.25) is 0 Å². The number of methoxy groups -OCH3 is 1. The Morgan fingerprint density at radius 1 is 0.977 bits per heavy atom. The molecule has 0 N–H and O–H groups in total. The van der Waals surface area contributed by atoms with E-state index in [4.69, 9.17) is 19.8 Å². The molecular weight excluding hydrogens is 548 g/mol. The Balaban J connectivity index is 1.08. The van der Waals surface area contributed by atoms with E-state index >= 15 is 0 Å². The maximum absolute atomic E-state index is 13.6. The molecule has 2 aliphatic rings. The van der Waals surface area contributed by atoms with Crippen molar-refractivity contribution in [3.05, 3.63) is 130 Å². The van der Waals surface area contributed by atoms with Crippen LogP contribution >= 0.6 is 0 Å². The summed E-state index contributed by atoms with van der Waals surface area (Å²) in [5.41, 5.74) is 6.64. The van der Waals surface area contributed by atoms with Gasteiger partial charge in [-0.3, -0.25) is 4.79 Å². The first-order valence-corrected chi connectivity index (χ1v) is 15.1. The lowest BCUT2D eigenvalue weighted by atomic mass is 9.95. The molecule has 0 fully saturated rings. The number of para-hydroxylation sites is 1. The number of Topliss-reactive ketones (excluding diaryl/α,β-unsaturated/α-hetero) is 1. The van der Waals surface area contributed by atoms with Crippen LogP contribution in [0.3, 0.4) is 0 Å². The summed E-state index contributed by atoms with van der Waals surface area (Å²) in [7, 11) is 3.86. The van der Waals surface area contributed by atoms with Crippen LogP contribution in [0, 0.1) is 11.3 Å². The number of carbonyl (C=O) groups is 1. The number of hydrogen-bond donors (Lipinski definition) is 0. The average molecular weight is 585 g/mol. The van der Waals surface area contributed by atoms with E-state index in [0.717, 1.165) is 54.9 Å². The molecule has 44 heavy (non-hydrogen) atoms. The predicted molar refractivity (Wildman–Crippen MR) is 171 cm³/mol. The molecule has 0 aliphatic carbocycles. The van der Waals surface area contributed by atoms with Gasteiger partial charge in [0.2, 0.25) is 5.78 Å². The predicted octanol–water partition coefficient (Wildman–Crippen LogP) is 6.77. The third-order valence-electron chi connectivity index (χ3n) is 8.38. The molecule has 6 rings (SSSR count). The number of rotatable bonds is 11. The molecular formula is C37H36N4O3. The summed E-state index contributed by atoms with van der Waals surface area (Å²) in [5, 5.41) is 15.9. The van der Waals surface area contributed by atoms with E-state index in [1.54, 1.807) is 31.4 Å². The van der Waals surface area contributed by atoms with Crippen molar-refractivity contribution < 1.29 is 14.3 Å². The van der Waals surface area contributed by atoms with Crippen LogP contribution in [0.15, 0.2) is 102 Å². The van der Waals surface area contributed by atoms with Gasteiger partial charge in [0.15, 0.2) is 0 Å². The molecule has 0 spiro atoms. The van der Waals surface area contributed by atoms with Gasteiger partial charge < -0.3 is 14.4 Å². The minimum atomic E-state index is -0.873. The smallest absolute Gasteiger partial charge is 0.251 e. The Labute approximate surface area is 259 Å². The fraction of sp³-hybridized carbons (Fsp3) is 0.270. The van der Waals surface area contributed by atoms with Gasteiger partial charge in [-0.1, -0.05) is 54.6 Å². The van der Waals surface area contributed by atoms with Gasteiger partial charge in [-0.2, -0.15) is 10.4 Å². The molecule has 2 unspecified atom stereocenters. The van der Waals surface area contributed by atoms with Gasteiger partial charge in [-0.15, -0.1) is 0 Å². The largest absolute Gasteiger partial charge is 0.497 e. The topological polar surface area (TPSA) is 78.2 Å². The molecule has 2 heterocycles. The van der Waals surface area contributed by atoms with Crippen molar-refractivity contribution in [2.45, 2.75) is 44.5 Å². The molecule has 222 valence electrons. The summed E-state index contributed by atoms with van der Waals surface area (Å²) < 4.78 is 11.5. The van der Waals surface area contributed by atoms with Crippen molar-refractivity contribution in [2.24, 2.45) is 5.10 Å². The van der Waals surface area contributed by atoms with Crippen molar-refractivity contribution in [3.8, 4) is 17.6 Å². The zero-order valence-electron chi connectivity index (χ0n) is 25.1. The highest BCUT2D eigenvalue weighted by Crippen LogP contribution is 2.43. The summed E-state index contributed by atoms with van der Waals surface area (Å²) in [6.07, 6.45) is 3.10. The van der Waals surface area contributed by atoms with Crippen molar-refractivity contribution in [3.63, 3.8) is 0 Å². The van der Waals surface area contributed by atoms with Gasteiger partial charge in [-0.25, -0.2) is 5.01 Å². The van der Waals surface area contributed by atoms with Crippen LogP contribution in [-0.2, 0) is 13.0 Å². The van der Waals surface area contributed by atoms with Crippen LogP contribution in [-0.4, -0.2) is 48.3 Å². The molecule has 0 aromatic heterocycles. The molecule has 0 saturated carbocycles. The fourth-order valence-corrected chi connectivity index (χ4v) is 5.93. The lowest BCUT2D eigenvalue weighted by Gasteiger charge is -2.37. The number of carbonyl (C=O) groups excluding carboxylic acids is 1. The molecule has 4 aromatic rings. The Bertz CT molecular complexity index is 1670. The second kappa shape index (κ2) is 13.2. The number of benzene rings is 4. The molecule has 7 heteroatoms. The first kappa shape index (κ1) is 29.2. The number of fused-ring (bicyclic) bond motifs is 3. The lowest BCUT2D eigenvalue weighted by molar-refractivity contribution is -0.00455. The van der Waals surface area contributed by atoms with Crippen LogP contribution in [0.1, 0.15) is 63.5 Å². The number of hydrogen-bond acceptors (Lipinski definition) is 7. The van der Waals surface area contributed by atoms with Gasteiger partial charge >= 0.3 is 0 Å². The molecule has 2 aliphatic heterocycles. The second-order valence-corrected chi connectivity index (χ2v) is 11.4. The third-order valence-corrected chi connectivity index (χ3v) is 8.38. The lowest BCUT2D eigenvalue weighted by Crippen LogP contribution is -2.45. The van der Waals surface area contributed by atoms with Crippen molar-refractivity contribution >= 4 is 11.5 Å². The van der Waals surface area contributed by atoms with Crippen LogP contribution < -0.4 is 9.47 Å². The van der Waals surface area contributed by atoms with Crippen LogP contribution in [0.25, 0.3) is 0 Å². The summed E-state index contributed by atoms with van der Waals surface area (Å²) in [5.74, 6) is 1.42. The number of aryl methyl sites for hydroxylation is 1. The number of nitrogens with zero attached hydrogens (tertiary/aromatic N) is 4. The van der Waals surface area contributed by atoms with E-state index in [9.17, 15) is 4.79 Å². The Kier molecular flexibility index (Phi) is 8.71. The maximum atomic E-state index is 13.6. The first-order valence-electron chi connectivity index (χ1n) is 15.1. The Hall–Kier alpha value is -4.93. The maximum Gasteiger partial charge on any atom is 0.251 e. The summed E-state index contributed by atoms with van der Waals surface area (Å²) in [6, 6.07) is 33.5. The summed E-state index contributed by atoms with van der Waals surface area (Å²) in [6.45, 7) is 1.97. The zero-order chi connectivity index (χ0) is 30.5. The van der Waals surface area contributed by atoms with E-state index < -0.39 is 6.23 Å². The second-order valence-electron chi connectivity index (χ2n) is 11.4. The summed E-state index contributed by atoms with van der Waals surface area (Å²) in [4.78, 5) is 16.0. The quantitative estimate of drug-likeness (QED) is 0.143. The number of nitriles is 1. The molecule has 4 aromatic carbocycles. The molecule has 0 amide bonds. The van der Waals surface area contributed by atoms with E-state index in [1.165, 1.54) is 11.1 Å². The molecule has 0 bridgehead atoms. The standard InChI is InChI=1S/C37H36N4O3/c1-40(25-28-14-20-31(43-2)21-15-28)22-6-5-7-26-10-16-29(17-11-26)33-23-34-32-8-3-4-9-35(32)44-37(41(34)39-33)36(42)30-18-12-27(24-38)13-19-30/h3-4,8-21,34,37H,5-7,22-23,25H2,1-2H3. The highest BCUT2D eigenvalue weighted by Gasteiger charge is 2.43. The molecule has 2 atom stereocenters. The minimum absolute atomic E-state index is 0.0862. The van der Waals surface area contributed by atoms with E-state index in [0.29, 0.717) is 23.3 Å². The van der Waals surface area contributed by atoms with Gasteiger partial charge in [-0.05, 0) is 92.0 Å². The van der Waals surface area contributed by atoms with E-state index in [2.05, 4.69) is 54.4 Å². The number of hydrazone groups is 1. The van der Waals surface area contributed by atoms with E-state index in [1.807, 2.05) is 41.4 Å². The summed E-state index contributed by atoms with van der Waals surface area (Å²) >= 11 is 0. The van der Waals surface area contributed by atoms with Crippen molar-refractivity contribution in [2.75, 3.05) is 20.7 Å². The molecule has 7 nitrogen and oxygen atoms in total. The molecule has 0 saturated heterocycles. The SMILES string of the molecule is COc1ccc(CN(C)CCCCc2ccc(C3=NN4C(C(=O)c5ccc(C#N)cc5)Oc5ccccc5C4C3)cc2)cc1. The van der Waals surface area contributed by atoms with Crippen LogP contribution in [0.4, 0.5) is 0 Å². The van der Waals surface area contributed by atoms with Gasteiger partial charge in [0.05, 0.1) is 30.5 Å². The monoisotopic (exact) mass is 584 g/mol. The Morgan fingerprint density at radius 3 is 2.43 bits per heavy atom. The first-order chi connectivity index (χ1) is 21.5. The number of ether oxygens (including phenoxy) is 2. The van der Waals surface area contributed by atoms with Gasteiger partial charge in [0.1, 0.15) is 11.5 Å². The van der Waals surface area contributed by atoms with Crippen molar-refractivity contribution in [1.82, 2.24) is 9.91 Å². The minimum Gasteiger partial charge on any atom is -0.497 e. The van der Waals surface area contributed by atoms with Gasteiger partial charge in [0, 0.05) is 24.1 Å². The normalized spacial score (nSPS) is 16.9. The van der Waals surface area contributed by atoms with Crippen molar-refractivity contribution in [1.29, 1.82) is 5.26 Å². The number of unbranched alkanes of at least 4 members (excludes halogenated alkanes) is 1. The van der Waals surface area contributed by atoms with Crippen LogP contribution in [0.5, 0.6) is 11.5 Å². The van der Waals surface area contributed by atoms with E-state index in [-0.39, 0.29) is 11.8 Å².